The monoisotopic (exact) mass is 319 g/mol. The van der Waals surface area contributed by atoms with Crippen LogP contribution in [0.25, 0.3) is 0 Å². The van der Waals surface area contributed by atoms with Crippen molar-refractivity contribution in [3.8, 4) is 5.88 Å². The first-order valence-corrected chi connectivity index (χ1v) is 6.47. The predicted molar refractivity (Wildman–Crippen MR) is 72.1 cm³/mol. The molecular formula is C11H18BrN3O3. The lowest BCUT2D eigenvalue weighted by atomic mass is 10.5. The molecule has 0 amide bonds. The zero-order valence-electron chi connectivity index (χ0n) is 10.6. The molecule has 0 atom stereocenters. The Hall–Kier alpha value is -0.920. The number of ether oxygens (including phenoxy) is 3. The normalized spacial score (nSPS) is 10.4. The van der Waals surface area contributed by atoms with Crippen LogP contribution in [0.15, 0.2) is 10.7 Å². The van der Waals surface area contributed by atoms with Gasteiger partial charge in [-0.15, -0.1) is 0 Å². The number of anilines is 1. The lowest BCUT2D eigenvalue weighted by molar-refractivity contribution is 0.0641. The van der Waals surface area contributed by atoms with E-state index in [1.807, 2.05) is 0 Å². The number of hydrogen-bond donors (Lipinski definition) is 1. The van der Waals surface area contributed by atoms with Crippen LogP contribution in [0.1, 0.15) is 6.42 Å². The maximum atomic E-state index is 5.54. The van der Waals surface area contributed by atoms with Gasteiger partial charge in [-0.05, 0) is 15.9 Å². The van der Waals surface area contributed by atoms with Crippen molar-refractivity contribution in [1.82, 2.24) is 9.97 Å². The first kappa shape index (κ1) is 15.1. The Kier molecular flexibility index (Phi) is 7.63. The summed E-state index contributed by atoms with van der Waals surface area (Å²) in [5, 5.41) is 2.86. The van der Waals surface area contributed by atoms with E-state index in [1.165, 1.54) is 0 Å². The van der Waals surface area contributed by atoms with E-state index < -0.39 is 0 Å². The predicted octanol–water partition coefficient (Wildman–Crippen LogP) is 1.71. The van der Waals surface area contributed by atoms with Crippen LogP contribution in [0.3, 0.4) is 0 Å². The molecule has 0 saturated heterocycles. The van der Waals surface area contributed by atoms with E-state index in [0.717, 1.165) is 10.9 Å². The SMILES string of the molecule is CNc1ncc(Br)c(OCCCOCCOC)n1. The summed E-state index contributed by atoms with van der Waals surface area (Å²) in [6.45, 7) is 2.41. The van der Waals surface area contributed by atoms with Gasteiger partial charge in [0.2, 0.25) is 11.8 Å². The van der Waals surface area contributed by atoms with Crippen LogP contribution in [0, 0.1) is 0 Å². The van der Waals surface area contributed by atoms with Gasteiger partial charge in [0.25, 0.3) is 0 Å². The van der Waals surface area contributed by atoms with Crippen LogP contribution in [0.5, 0.6) is 5.88 Å². The first-order chi connectivity index (χ1) is 8.77. The second-order valence-corrected chi connectivity index (χ2v) is 4.26. The lowest BCUT2D eigenvalue weighted by Crippen LogP contribution is -2.08. The summed E-state index contributed by atoms with van der Waals surface area (Å²) in [7, 11) is 3.41. The summed E-state index contributed by atoms with van der Waals surface area (Å²) in [6, 6.07) is 0. The maximum Gasteiger partial charge on any atom is 0.232 e. The third kappa shape index (κ3) is 5.61. The average molecular weight is 320 g/mol. The minimum atomic E-state index is 0.532. The summed E-state index contributed by atoms with van der Waals surface area (Å²) in [6.07, 6.45) is 2.46. The number of methoxy groups -OCH3 is 1. The Morgan fingerprint density at radius 1 is 1.28 bits per heavy atom. The number of nitrogens with zero attached hydrogens (tertiary/aromatic N) is 2. The average Bonchev–Trinajstić information content (AvgIpc) is 2.39. The third-order valence-corrected chi connectivity index (χ3v) is 2.58. The highest BCUT2D eigenvalue weighted by Gasteiger charge is 2.05. The second-order valence-electron chi connectivity index (χ2n) is 3.40. The van der Waals surface area contributed by atoms with E-state index in [0.29, 0.717) is 38.3 Å². The molecule has 1 heterocycles. The summed E-state index contributed by atoms with van der Waals surface area (Å²) in [5.74, 6) is 1.07. The molecule has 0 radical (unpaired) electrons. The minimum absolute atomic E-state index is 0.532. The molecule has 6 nitrogen and oxygen atoms in total. The fourth-order valence-corrected chi connectivity index (χ4v) is 1.45. The number of halogens is 1. The molecule has 0 saturated carbocycles. The second kappa shape index (κ2) is 9.07. The molecule has 0 unspecified atom stereocenters. The van der Waals surface area contributed by atoms with Gasteiger partial charge in [0.1, 0.15) is 0 Å². The van der Waals surface area contributed by atoms with E-state index >= 15 is 0 Å². The Morgan fingerprint density at radius 2 is 2.11 bits per heavy atom. The van der Waals surface area contributed by atoms with Gasteiger partial charge in [0, 0.05) is 27.2 Å². The number of rotatable bonds is 9. The highest BCUT2D eigenvalue weighted by molar-refractivity contribution is 9.10. The Bertz CT molecular complexity index is 352. The molecule has 0 aliphatic carbocycles. The van der Waals surface area contributed by atoms with Crippen molar-refractivity contribution in [2.75, 3.05) is 45.9 Å². The number of aromatic nitrogens is 2. The van der Waals surface area contributed by atoms with Crippen molar-refractivity contribution >= 4 is 21.9 Å². The largest absolute Gasteiger partial charge is 0.477 e. The van der Waals surface area contributed by atoms with Crippen LogP contribution in [-0.2, 0) is 9.47 Å². The van der Waals surface area contributed by atoms with Crippen LogP contribution < -0.4 is 10.1 Å². The highest BCUT2D eigenvalue weighted by Crippen LogP contribution is 2.22. The van der Waals surface area contributed by atoms with Gasteiger partial charge in [-0.25, -0.2) is 4.98 Å². The molecule has 0 aliphatic heterocycles. The van der Waals surface area contributed by atoms with Gasteiger partial charge in [0.15, 0.2) is 0 Å². The molecule has 1 rings (SSSR count). The zero-order chi connectivity index (χ0) is 13.2. The maximum absolute atomic E-state index is 5.54. The molecule has 1 aromatic heterocycles. The van der Waals surface area contributed by atoms with E-state index in [4.69, 9.17) is 14.2 Å². The van der Waals surface area contributed by atoms with Gasteiger partial charge in [-0.2, -0.15) is 4.98 Å². The molecule has 7 heteroatoms. The molecule has 0 aliphatic rings. The Balaban J connectivity index is 2.22. The molecule has 1 N–H and O–H groups in total. The summed E-state index contributed by atoms with van der Waals surface area (Å²) in [5.41, 5.74) is 0. The van der Waals surface area contributed by atoms with E-state index in [9.17, 15) is 0 Å². The molecule has 0 spiro atoms. The summed E-state index contributed by atoms with van der Waals surface area (Å²) < 4.78 is 16.5. The topological polar surface area (TPSA) is 65.5 Å². The van der Waals surface area contributed by atoms with E-state index in [2.05, 4.69) is 31.2 Å². The van der Waals surface area contributed by atoms with E-state index in [1.54, 1.807) is 20.4 Å². The molecule has 0 aromatic carbocycles. The van der Waals surface area contributed by atoms with E-state index in [-0.39, 0.29) is 0 Å². The molecule has 102 valence electrons. The standard InChI is InChI=1S/C11H18BrN3O3/c1-13-11-14-8-9(12)10(15-11)18-5-3-4-17-7-6-16-2/h8H,3-7H2,1-2H3,(H,13,14,15). The minimum Gasteiger partial charge on any atom is -0.477 e. The summed E-state index contributed by atoms with van der Waals surface area (Å²) in [4.78, 5) is 8.23. The Morgan fingerprint density at radius 3 is 2.83 bits per heavy atom. The van der Waals surface area contributed by atoms with Crippen molar-refractivity contribution < 1.29 is 14.2 Å². The van der Waals surface area contributed by atoms with Gasteiger partial charge in [0.05, 0.1) is 30.5 Å². The van der Waals surface area contributed by atoms with Gasteiger partial charge < -0.3 is 19.5 Å². The van der Waals surface area contributed by atoms with Gasteiger partial charge >= 0.3 is 0 Å². The van der Waals surface area contributed by atoms with Crippen LogP contribution >= 0.6 is 15.9 Å². The third-order valence-electron chi connectivity index (χ3n) is 2.04. The van der Waals surface area contributed by atoms with Crippen molar-refractivity contribution in [1.29, 1.82) is 0 Å². The van der Waals surface area contributed by atoms with Crippen molar-refractivity contribution in [2.24, 2.45) is 0 Å². The number of hydrogen-bond acceptors (Lipinski definition) is 6. The van der Waals surface area contributed by atoms with Crippen LogP contribution in [-0.4, -0.2) is 50.6 Å². The number of nitrogens with one attached hydrogen (secondary N) is 1. The van der Waals surface area contributed by atoms with Gasteiger partial charge in [-0.1, -0.05) is 0 Å². The lowest BCUT2D eigenvalue weighted by Gasteiger charge is -2.08. The fraction of sp³-hybridized carbons (Fsp3) is 0.636. The van der Waals surface area contributed by atoms with Crippen molar-refractivity contribution in [3.05, 3.63) is 10.7 Å². The smallest absolute Gasteiger partial charge is 0.232 e. The molecule has 1 aromatic rings. The molecular weight excluding hydrogens is 302 g/mol. The first-order valence-electron chi connectivity index (χ1n) is 5.67. The summed E-state index contributed by atoms with van der Waals surface area (Å²) >= 11 is 3.34. The zero-order valence-corrected chi connectivity index (χ0v) is 12.2. The quantitative estimate of drug-likeness (QED) is 0.699. The molecule has 0 bridgehead atoms. The van der Waals surface area contributed by atoms with Gasteiger partial charge in [-0.3, -0.25) is 0 Å². The fourth-order valence-electron chi connectivity index (χ4n) is 1.15. The van der Waals surface area contributed by atoms with Crippen molar-refractivity contribution in [2.45, 2.75) is 6.42 Å². The van der Waals surface area contributed by atoms with Crippen LogP contribution in [0.4, 0.5) is 5.95 Å². The Labute approximate surface area is 115 Å². The molecule has 0 fully saturated rings. The van der Waals surface area contributed by atoms with Crippen molar-refractivity contribution in [3.63, 3.8) is 0 Å². The van der Waals surface area contributed by atoms with Crippen LogP contribution in [0.2, 0.25) is 0 Å². The molecule has 18 heavy (non-hydrogen) atoms. The highest BCUT2D eigenvalue weighted by atomic mass is 79.9.